The van der Waals surface area contributed by atoms with Crippen molar-refractivity contribution in [1.29, 1.82) is 0 Å². The number of amides is 1. The standard InChI is InChI=1S/C15H20BrClF2N2O4/c1-15(2,3)25-14(24)21(7-10(23)13(18)19)6-9(22)8-4-11(16)20-12(17)5-8/h4-5,9-10,13,22-23H,6-7H2,1-3H3. The minimum Gasteiger partial charge on any atom is -0.444 e. The van der Waals surface area contributed by atoms with Crippen molar-refractivity contribution in [3.8, 4) is 0 Å². The number of carbonyl (C=O) groups excluding carboxylic acids is 1. The van der Waals surface area contributed by atoms with Gasteiger partial charge in [-0.25, -0.2) is 18.6 Å². The second-order valence-electron chi connectivity index (χ2n) is 6.35. The van der Waals surface area contributed by atoms with Crippen LogP contribution in [0.25, 0.3) is 0 Å². The Morgan fingerprint density at radius 3 is 2.44 bits per heavy atom. The molecule has 0 aliphatic rings. The Kier molecular flexibility index (Phi) is 7.98. The largest absolute Gasteiger partial charge is 0.444 e. The highest BCUT2D eigenvalue weighted by Crippen LogP contribution is 2.23. The van der Waals surface area contributed by atoms with Crippen LogP contribution in [0.3, 0.4) is 0 Å². The highest BCUT2D eigenvalue weighted by Gasteiger charge is 2.29. The molecular formula is C15H20BrClF2N2O4. The van der Waals surface area contributed by atoms with E-state index in [1.54, 1.807) is 20.8 Å². The van der Waals surface area contributed by atoms with Gasteiger partial charge in [-0.15, -0.1) is 0 Å². The molecule has 2 unspecified atom stereocenters. The summed E-state index contributed by atoms with van der Waals surface area (Å²) in [5.41, 5.74) is -0.536. The quantitative estimate of drug-likeness (QED) is 0.656. The van der Waals surface area contributed by atoms with Crippen LogP contribution in [-0.2, 0) is 4.74 Å². The molecule has 1 aromatic rings. The van der Waals surface area contributed by atoms with Gasteiger partial charge in [0.25, 0.3) is 6.43 Å². The summed E-state index contributed by atoms with van der Waals surface area (Å²) >= 11 is 8.93. The number of carbonyl (C=O) groups is 1. The Morgan fingerprint density at radius 2 is 1.96 bits per heavy atom. The summed E-state index contributed by atoms with van der Waals surface area (Å²) < 4.78 is 30.8. The monoisotopic (exact) mass is 444 g/mol. The van der Waals surface area contributed by atoms with E-state index in [1.807, 2.05) is 0 Å². The van der Waals surface area contributed by atoms with E-state index in [0.717, 1.165) is 4.90 Å². The van der Waals surface area contributed by atoms with Gasteiger partial charge in [-0.05, 0) is 54.4 Å². The number of aromatic nitrogens is 1. The van der Waals surface area contributed by atoms with Gasteiger partial charge in [-0.1, -0.05) is 11.6 Å². The van der Waals surface area contributed by atoms with Gasteiger partial charge in [0.2, 0.25) is 0 Å². The lowest BCUT2D eigenvalue weighted by Gasteiger charge is -2.30. The molecule has 0 spiro atoms. The molecule has 0 bridgehead atoms. The Bertz CT molecular complexity index is 581. The highest BCUT2D eigenvalue weighted by molar-refractivity contribution is 9.10. The van der Waals surface area contributed by atoms with Crippen molar-refractivity contribution in [2.45, 2.75) is 45.0 Å². The molecule has 1 heterocycles. The van der Waals surface area contributed by atoms with E-state index in [-0.39, 0.29) is 11.7 Å². The van der Waals surface area contributed by atoms with Crippen LogP contribution in [-0.4, -0.2) is 57.4 Å². The van der Waals surface area contributed by atoms with Crippen LogP contribution in [0, 0.1) is 0 Å². The fraction of sp³-hybridized carbons (Fsp3) is 0.600. The third kappa shape index (κ3) is 7.81. The van der Waals surface area contributed by atoms with Crippen LogP contribution >= 0.6 is 27.5 Å². The minimum atomic E-state index is -3.04. The lowest BCUT2D eigenvalue weighted by molar-refractivity contribution is -0.0380. The molecular weight excluding hydrogens is 426 g/mol. The molecule has 142 valence electrons. The number of halogens is 4. The fourth-order valence-corrected chi connectivity index (χ4v) is 2.62. The average molecular weight is 446 g/mol. The molecule has 0 aliphatic carbocycles. The molecule has 2 atom stereocenters. The van der Waals surface area contributed by atoms with Gasteiger partial charge in [0, 0.05) is 0 Å². The number of hydrogen-bond donors (Lipinski definition) is 2. The van der Waals surface area contributed by atoms with Crippen molar-refractivity contribution in [3.63, 3.8) is 0 Å². The van der Waals surface area contributed by atoms with E-state index in [4.69, 9.17) is 16.3 Å². The molecule has 10 heteroatoms. The van der Waals surface area contributed by atoms with Crippen LogP contribution in [0.1, 0.15) is 32.4 Å². The van der Waals surface area contributed by atoms with Gasteiger partial charge < -0.3 is 19.8 Å². The number of pyridine rings is 1. The second kappa shape index (κ2) is 9.07. The molecule has 2 N–H and O–H groups in total. The summed E-state index contributed by atoms with van der Waals surface area (Å²) in [4.78, 5) is 16.9. The third-order valence-electron chi connectivity index (χ3n) is 2.91. The maximum atomic E-state index is 12.6. The zero-order valence-electron chi connectivity index (χ0n) is 13.9. The number of alkyl halides is 2. The molecule has 0 aliphatic heterocycles. The molecule has 1 rings (SSSR count). The van der Waals surface area contributed by atoms with Crippen molar-refractivity contribution >= 4 is 33.6 Å². The van der Waals surface area contributed by atoms with E-state index in [0.29, 0.717) is 10.2 Å². The van der Waals surface area contributed by atoms with Crippen LogP contribution in [0.15, 0.2) is 16.7 Å². The van der Waals surface area contributed by atoms with Gasteiger partial charge in [-0.3, -0.25) is 0 Å². The predicted molar refractivity (Wildman–Crippen MR) is 91.7 cm³/mol. The number of nitrogens with zero attached hydrogens (tertiary/aromatic N) is 2. The zero-order valence-corrected chi connectivity index (χ0v) is 16.3. The van der Waals surface area contributed by atoms with Crippen molar-refractivity contribution in [3.05, 3.63) is 27.5 Å². The first-order valence-electron chi connectivity index (χ1n) is 7.34. The summed E-state index contributed by atoms with van der Waals surface area (Å²) in [6.45, 7) is 3.78. The first-order valence-corrected chi connectivity index (χ1v) is 8.51. The molecule has 0 radical (unpaired) electrons. The lowest BCUT2D eigenvalue weighted by Crippen LogP contribution is -2.44. The molecule has 6 nitrogen and oxygen atoms in total. The Labute approximate surface area is 157 Å². The Hall–Kier alpha value is -1.03. The minimum absolute atomic E-state index is 0.111. The number of aliphatic hydroxyl groups is 2. The van der Waals surface area contributed by atoms with Crippen molar-refractivity contribution < 1.29 is 28.5 Å². The van der Waals surface area contributed by atoms with Crippen molar-refractivity contribution in [2.75, 3.05) is 13.1 Å². The first-order chi connectivity index (χ1) is 11.4. The second-order valence-corrected chi connectivity index (χ2v) is 7.55. The number of aliphatic hydroxyl groups excluding tert-OH is 2. The van der Waals surface area contributed by atoms with Crippen molar-refractivity contribution in [1.82, 2.24) is 9.88 Å². The van der Waals surface area contributed by atoms with Crippen LogP contribution in [0.2, 0.25) is 5.15 Å². The summed E-state index contributed by atoms with van der Waals surface area (Å²) in [6.07, 6.45) is -7.27. The van der Waals surface area contributed by atoms with Gasteiger partial charge in [0.1, 0.15) is 21.5 Å². The molecule has 1 amide bonds. The normalized spacial score (nSPS) is 14.3. The summed E-state index contributed by atoms with van der Waals surface area (Å²) in [7, 11) is 0. The van der Waals surface area contributed by atoms with E-state index in [2.05, 4.69) is 20.9 Å². The smallest absolute Gasteiger partial charge is 0.410 e. The summed E-state index contributed by atoms with van der Waals surface area (Å²) in [6, 6.07) is 2.86. The predicted octanol–water partition coefficient (Wildman–Crippen LogP) is 3.39. The Morgan fingerprint density at radius 1 is 1.36 bits per heavy atom. The topological polar surface area (TPSA) is 82.9 Å². The zero-order chi connectivity index (χ0) is 19.4. The average Bonchev–Trinajstić information content (AvgIpc) is 2.43. The molecule has 25 heavy (non-hydrogen) atoms. The van der Waals surface area contributed by atoms with E-state index >= 15 is 0 Å². The number of rotatable bonds is 6. The SMILES string of the molecule is CC(C)(C)OC(=O)N(CC(O)c1cc(Cl)nc(Br)c1)CC(O)C(F)F. The summed E-state index contributed by atoms with van der Waals surface area (Å²) in [5.74, 6) is 0. The lowest BCUT2D eigenvalue weighted by atomic mass is 10.1. The van der Waals surface area contributed by atoms with Gasteiger partial charge in [0.15, 0.2) is 0 Å². The van der Waals surface area contributed by atoms with E-state index in [1.165, 1.54) is 12.1 Å². The van der Waals surface area contributed by atoms with Crippen LogP contribution < -0.4 is 0 Å². The molecule has 1 aromatic heterocycles. The number of hydrogen-bond acceptors (Lipinski definition) is 5. The van der Waals surface area contributed by atoms with E-state index < -0.39 is 36.9 Å². The fourth-order valence-electron chi connectivity index (χ4n) is 1.85. The third-order valence-corrected chi connectivity index (χ3v) is 3.51. The van der Waals surface area contributed by atoms with Crippen LogP contribution in [0.5, 0.6) is 0 Å². The molecule has 0 saturated carbocycles. The van der Waals surface area contributed by atoms with Gasteiger partial charge >= 0.3 is 6.09 Å². The maximum absolute atomic E-state index is 12.6. The first kappa shape index (κ1) is 22.0. The number of ether oxygens (including phenoxy) is 1. The van der Waals surface area contributed by atoms with Crippen molar-refractivity contribution in [2.24, 2.45) is 0 Å². The highest BCUT2D eigenvalue weighted by atomic mass is 79.9. The van der Waals surface area contributed by atoms with Crippen LogP contribution in [0.4, 0.5) is 13.6 Å². The maximum Gasteiger partial charge on any atom is 0.410 e. The molecule has 0 fully saturated rings. The molecule has 0 saturated heterocycles. The van der Waals surface area contributed by atoms with E-state index in [9.17, 15) is 23.8 Å². The van der Waals surface area contributed by atoms with Gasteiger partial charge in [-0.2, -0.15) is 0 Å². The van der Waals surface area contributed by atoms with Gasteiger partial charge in [0.05, 0.1) is 19.2 Å². The Balaban J connectivity index is 2.96. The summed E-state index contributed by atoms with van der Waals surface area (Å²) in [5, 5.41) is 19.8. The molecule has 0 aromatic carbocycles.